The van der Waals surface area contributed by atoms with Crippen LogP contribution in [0.25, 0.3) is 0 Å². The Hall–Kier alpha value is -1.24. The van der Waals surface area contributed by atoms with Crippen LogP contribution in [0.1, 0.15) is 6.92 Å². The van der Waals surface area contributed by atoms with Crippen LogP contribution < -0.4 is 0 Å². The van der Waals surface area contributed by atoms with E-state index in [1.165, 1.54) is 12.1 Å². The van der Waals surface area contributed by atoms with E-state index in [-0.39, 0.29) is 10.6 Å². The summed E-state index contributed by atoms with van der Waals surface area (Å²) in [5.74, 6) is 0. The Labute approximate surface area is 93.8 Å². The van der Waals surface area contributed by atoms with Crippen molar-refractivity contribution < 1.29 is 18.1 Å². The normalized spacial score (nSPS) is 14.8. The predicted molar refractivity (Wildman–Crippen MR) is 54.5 cm³/mol. The SMILES string of the molecule is CC(F)(Sc1ccc([N+](=O)[O-])cc1)C(F)F. The highest BCUT2D eigenvalue weighted by molar-refractivity contribution is 8.00. The summed E-state index contributed by atoms with van der Waals surface area (Å²) in [6, 6.07) is 4.76. The number of nitrogens with zero attached hydrogens (tertiary/aromatic N) is 1. The van der Waals surface area contributed by atoms with Crippen molar-refractivity contribution in [2.24, 2.45) is 0 Å². The molecule has 0 saturated heterocycles. The molecule has 0 heterocycles. The standard InChI is InChI=1S/C9H8F3NO2S/c1-9(12,8(10)11)16-7-4-2-6(3-5-7)13(14)15/h2-5,8H,1H3. The molecule has 0 amide bonds. The number of halogens is 3. The molecule has 0 saturated carbocycles. The molecule has 0 aliphatic carbocycles. The summed E-state index contributed by atoms with van der Waals surface area (Å²) in [5.41, 5.74) is -0.165. The second-order valence-electron chi connectivity index (χ2n) is 3.14. The number of non-ortho nitro benzene ring substituents is 1. The van der Waals surface area contributed by atoms with E-state index in [9.17, 15) is 23.3 Å². The number of benzene rings is 1. The van der Waals surface area contributed by atoms with Crippen LogP contribution in [0.4, 0.5) is 18.9 Å². The maximum absolute atomic E-state index is 13.2. The molecule has 0 aliphatic rings. The summed E-state index contributed by atoms with van der Waals surface area (Å²) in [6.45, 7) is 0.768. The van der Waals surface area contributed by atoms with E-state index in [0.29, 0.717) is 11.8 Å². The molecule has 16 heavy (non-hydrogen) atoms. The fourth-order valence-electron chi connectivity index (χ4n) is 0.911. The first-order valence-electron chi connectivity index (χ1n) is 4.23. The van der Waals surface area contributed by atoms with Gasteiger partial charge in [-0.25, -0.2) is 13.2 Å². The minimum Gasteiger partial charge on any atom is -0.258 e. The minimum atomic E-state index is -3.12. The molecule has 0 aliphatic heterocycles. The maximum Gasteiger partial charge on any atom is 0.281 e. The largest absolute Gasteiger partial charge is 0.281 e. The van der Waals surface area contributed by atoms with Gasteiger partial charge in [0.05, 0.1) is 4.92 Å². The highest BCUT2D eigenvalue weighted by Gasteiger charge is 2.36. The first-order valence-corrected chi connectivity index (χ1v) is 5.05. The Balaban J connectivity index is 2.80. The Morgan fingerprint density at radius 2 is 1.88 bits per heavy atom. The molecule has 0 bridgehead atoms. The average molecular weight is 251 g/mol. The van der Waals surface area contributed by atoms with Gasteiger partial charge in [0.25, 0.3) is 12.1 Å². The number of thioether (sulfide) groups is 1. The van der Waals surface area contributed by atoms with Gasteiger partial charge in [-0.15, -0.1) is 0 Å². The summed E-state index contributed by atoms with van der Waals surface area (Å²) >= 11 is 0.335. The molecule has 0 spiro atoms. The molecular formula is C9H8F3NO2S. The molecule has 0 radical (unpaired) electrons. The number of nitro groups is 1. The monoisotopic (exact) mass is 251 g/mol. The van der Waals surface area contributed by atoms with Crippen molar-refractivity contribution >= 4 is 17.4 Å². The van der Waals surface area contributed by atoms with Crippen molar-refractivity contribution in [1.29, 1.82) is 0 Å². The van der Waals surface area contributed by atoms with Crippen molar-refractivity contribution in [3.05, 3.63) is 34.4 Å². The van der Waals surface area contributed by atoms with Crippen LogP contribution >= 0.6 is 11.8 Å². The van der Waals surface area contributed by atoms with E-state index >= 15 is 0 Å². The van der Waals surface area contributed by atoms with Crippen LogP contribution in [0.5, 0.6) is 0 Å². The minimum absolute atomic E-state index is 0.165. The average Bonchev–Trinajstić information content (AvgIpc) is 2.17. The van der Waals surface area contributed by atoms with Crippen molar-refractivity contribution in [1.82, 2.24) is 0 Å². The van der Waals surface area contributed by atoms with Crippen molar-refractivity contribution in [2.45, 2.75) is 23.2 Å². The third kappa shape index (κ3) is 3.13. The first-order chi connectivity index (χ1) is 7.33. The zero-order chi connectivity index (χ0) is 12.3. The van der Waals surface area contributed by atoms with Gasteiger partial charge in [-0.3, -0.25) is 10.1 Å². The summed E-state index contributed by atoms with van der Waals surface area (Å²) in [4.78, 5) is 9.91. The molecular weight excluding hydrogens is 243 g/mol. The number of nitro benzene ring substituents is 1. The highest BCUT2D eigenvalue weighted by Crippen LogP contribution is 2.38. The molecule has 1 unspecified atom stereocenters. The summed E-state index contributed by atoms with van der Waals surface area (Å²) in [5, 5.41) is 7.61. The fourth-order valence-corrected chi connectivity index (χ4v) is 1.73. The molecule has 7 heteroatoms. The molecule has 88 valence electrons. The van der Waals surface area contributed by atoms with E-state index in [1.807, 2.05) is 0 Å². The summed E-state index contributed by atoms with van der Waals surface area (Å²) in [6.07, 6.45) is -3.12. The van der Waals surface area contributed by atoms with E-state index in [1.54, 1.807) is 0 Å². The van der Waals surface area contributed by atoms with Gasteiger partial charge in [-0.2, -0.15) is 0 Å². The molecule has 0 aromatic heterocycles. The third-order valence-electron chi connectivity index (χ3n) is 1.75. The summed E-state index contributed by atoms with van der Waals surface area (Å²) in [7, 11) is 0. The van der Waals surface area contributed by atoms with Crippen molar-refractivity contribution in [3.63, 3.8) is 0 Å². The van der Waals surface area contributed by atoms with Gasteiger partial charge in [0, 0.05) is 17.0 Å². The number of rotatable bonds is 4. The van der Waals surface area contributed by atoms with Gasteiger partial charge in [0.1, 0.15) is 0 Å². The van der Waals surface area contributed by atoms with Crippen molar-refractivity contribution in [3.8, 4) is 0 Å². The molecule has 1 rings (SSSR count). The van der Waals surface area contributed by atoms with Crippen LogP contribution in [-0.2, 0) is 0 Å². The van der Waals surface area contributed by atoms with E-state index < -0.39 is 16.3 Å². The van der Waals surface area contributed by atoms with Gasteiger partial charge in [-0.05, 0) is 19.1 Å². The molecule has 1 atom stereocenters. The zero-order valence-corrected chi connectivity index (χ0v) is 9.01. The second-order valence-corrected chi connectivity index (χ2v) is 4.61. The first kappa shape index (κ1) is 12.8. The van der Waals surface area contributed by atoms with Crippen LogP contribution in [-0.4, -0.2) is 16.3 Å². The smallest absolute Gasteiger partial charge is 0.258 e. The van der Waals surface area contributed by atoms with Crippen LogP contribution in [0, 0.1) is 10.1 Å². The number of hydrogen-bond donors (Lipinski definition) is 0. The van der Waals surface area contributed by atoms with Crippen molar-refractivity contribution in [2.75, 3.05) is 0 Å². The lowest BCUT2D eigenvalue weighted by atomic mass is 10.3. The van der Waals surface area contributed by atoms with Gasteiger partial charge < -0.3 is 0 Å². The molecule has 1 aromatic rings. The van der Waals surface area contributed by atoms with Crippen LogP contribution in [0.15, 0.2) is 29.2 Å². The second kappa shape index (κ2) is 4.73. The highest BCUT2D eigenvalue weighted by atomic mass is 32.2. The van der Waals surface area contributed by atoms with Crippen LogP contribution in [0.3, 0.4) is 0 Å². The fraction of sp³-hybridized carbons (Fsp3) is 0.333. The Bertz CT molecular complexity index is 381. The molecule has 0 fully saturated rings. The van der Waals surface area contributed by atoms with Gasteiger partial charge in [0.15, 0.2) is 0 Å². The zero-order valence-electron chi connectivity index (χ0n) is 8.19. The lowest BCUT2D eigenvalue weighted by Crippen LogP contribution is -2.23. The van der Waals surface area contributed by atoms with E-state index in [4.69, 9.17) is 0 Å². The topological polar surface area (TPSA) is 43.1 Å². The van der Waals surface area contributed by atoms with E-state index in [0.717, 1.165) is 19.1 Å². The van der Waals surface area contributed by atoms with Crippen LogP contribution in [0.2, 0.25) is 0 Å². The number of alkyl halides is 3. The van der Waals surface area contributed by atoms with Gasteiger partial charge in [-0.1, -0.05) is 11.8 Å². The van der Waals surface area contributed by atoms with Gasteiger partial charge in [0.2, 0.25) is 5.00 Å². The number of hydrogen-bond acceptors (Lipinski definition) is 3. The lowest BCUT2D eigenvalue weighted by Gasteiger charge is -2.18. The Morgan fingerprint density at radius 3 is 2.25 bits per heavy atom. The Kier molecular flexibility index (Phi) is 3.79. The molecule has 3 nitrogen and oxygen atoms in total. The molecule has 1 aromatic carbocycles. The summed E-state index contributed by atoms with van der Waals surface area (Å²) < 4.78 is 37.6. The van der Waals surface area contributed by atoms with E-state index in [2.05, 4.69) is 0 Å². The quantitative estimate of drug-likeness (QED) is 0.466. The Morgan fingerprint density at radius 1 is 1.38 bits per heavy atom. The van der Waals surface area contributed by atoms with Gasteiger partial charge >= 0.3 is 0 Å². The predicted octanol–water partition coefficient (Wildman–Crippen LogP) is 3.64. The molecule has 0 N–H and O–H groups in total. The maximum atomic E-state index is 13.2. The third-order valence-corrected chi connectivity index (χ3v) is 2.84. The lowest BCUT2D eigenvalue weighted by molar-refractivity contribution is -0.384.